The van der Waals surface area contributed by atoms with Crippen molar-refractivity contribution in [1.29, 1.82) is 0 Å². The van der Waals surface area contributed by atoms with E-state index in [2.05, 4.69) is 26.8 Å². The zero-order chi connectivity index (χ0) is 15.5. The average Bonchev–Trinajstić information content (AvgIpc) is 2.93. The van der Waals surface area contributed by atoms with Gasteiger partial charge in [0.15, 0.2) is 17.2 Å². The van der Waals surface area contributed by atoms with Gasteiger partial charge in [-0.05, 0) is 24.6 Å². The molecule has 6 nitrogen and oxygen atoms in total. The minimum Gasteiger partial charge on any atom is -0.497 e. The van der Waals surface area contributed by atoms with Gasteiger partial charge in [0.05, 0.1) is 7.11 Å². The van der Waals surface area contributed by atoms with E-state index in [0.717, 1.165) is 24.7 Å². The normalized spacial score (nSPS) is 10.9. The first-order chi connectivity index (χ1) is 10.7. The number of hydrogen-bond acceptors (Lipinski definition) is 6. The molecule has 0 radical (unpaired) electrons. The first-order valence-electron chi connectivity index (χ1n) is 7.17. The van der Waals surface area contributed by atoms with Crippen molar-refractivity contribution in [1.82, 2.24) is 15.0 Å². The molecule has 6 heteroatoms. The average molecular weight is 298 g/mol. The van der Waals surface area contributed by atoms with Crippen LogP contribution in [0.1, 0.15) is 18.4 Å². The van der Waals surface area contributed by atoms with Crippen LogP contribution in [0.4, 0.5) is 5.82 Å². The lowest BCUT2D eigenvalue weighted by molar-refractivity contribution is 0.414. The number of methoxy groups -OCH3 is 1. The molecule has 0 saturated carbocycles. The highest BCUT2D eigenvalue weighted by molar-refractivity contribution is 5.81. The van der Waals surface area contributed by atoms with E-state index in [4.69, 9.17) is 9.15 Å². The van der Waals surface area contributed by atoms with E-state index in [1.165, 1.54) is 11.9 Å². The molecule has 1 aromatic carbocycles. The molecule has 0 bridgehead atoms. The van der Waals surface area contributed by atoms with Gasteiger partial charge in [-0.25, -0.2) is 9.97 Å². The van der Waals surface area contributed by atoms with Gasteiger partial charge in [-0.15, -0.1) is 0 Å². The molecule has 0 saturated heterocycles. The number of ether oxygens (including phenoxy) is 1. The number of hydrogen-bond donors (Lipinski definition) is 0. The third-order valence-electron chi connectivity index (χ3n) is 3.50. The number of fused-ring (bicyclic) bond motifs is 1. The summed E-state index contributed by atoms with van der Waals surface area (Å²) in [5, 5.41) is 0. The van der Waals surface area contributed by atoms with Gasteiger partial charge in [0.1, 0.15) is 12.1 Å². The van der Waals surface area contributed by atoms with E-state index in [1.807, 2.05) is 31.2 Å². The van der Waals surface area contributed by atoms with Crippen LogP contribution in [0, 0.1) is 6.92 Å². The Labute approximate surface area is 128 Å². The molecule has 0 aliphatic heterocycles. The van der Waals surface area contributed by atoms with Crippen molar-refractivity contribution in [2.75, 3.05) is 18.6 Å². The van der Waals surface area contributed by atoms with Crippen molar-refractivity contribution in [3.63, 3.8) is 0 Å². The van der Waals surface area contributed by atoms with E-state index in [1.54, 1.807) is 7.11 Å². The molecule has 2 heterocycles. The fourth-order valence-electron chi connectivity index (χ4n) is 2.37. The highest BCUT2D eigenvalue weighted by Gasteiger charge is 2.15. The van der Waals surface area contributed by atoms with Crippen LogP contribution in [0.2, 0.25) is 0 Å². The molecule has 2 aromatic heterocycles. The Morgan fingerprint density at radius 2 is 1.95 bits per heavy atom. The van der Waals surface area contributed by atoms with Gasteiger partial charge in [-0.1, -0.05) is 12.1 Å². The highest BCUT2D eigenvalue weighted by Crippen LogP contribution is 2.24. The molecule has 0 fully saturated rings. The van der Waals surface area contributed by atoms with Crippen LogP contribution < -0.4 is 9.64 Å². The summed E-state index contributed by atoms with van der Waals surface area (Å²) in [5.74, 6) is 2.24. The van der Waals surface area contributed by atoms with E-state index >= 15 is 0 Å². The van der Waals surface area contributed by atoms with Gasteiger partial charge in [0, 0.05) is 20.0 Å². The van der Waals surface area contributed by atoms with Gasteiger partial charge in [-0.2, -0.15) is 4.98 Å². The number of nitrogens with zero attached hydrogens (tertiary/aromatic N) is 4. The van der Waals surface area contributed by atoms with Crippen LogP contribution in [-0.4, -0.2) is 28.6 Å². The topological polar surface area (TPSA) is 64.3 Å². The van der Waals surface area contributed by atoms with Crippen molar-refractivity contribution in [2.24, 2.45) is 0 Å². The summed E-state index contributed by atoms with van der Waals surface area (Å²) < 4.78 is 10.7. The molecule has 3 aromatic rings. The molecule has 22 heavy (non-hydrogen) atoms. The standard InChI is InChI=1S/C16H18N4O2/c1-4-20(9-12-5-7-13(21-3)8-6-12)15-14-16(18-10-17-15)22-11(2)19-14/h5-8,10H,4,9H2,1-3H3. The maximum absolute atomic E-state index is 5.48. The van der Waals surface area contributed by atoms with Crippen LogP contribution in [0.15, 0.2) is 35.0 Å². The van der Waals surface area contributed by atoms with Gasteiger partial charge in [0.25, 0.3) is 5.71 Å². The summed E-state index contributed by atoms with van der Waals surface area (Å²) in [6.07, 6.45) is 1.51. The number of anilines is 1. The van der Waals surface area contributed by atoms with E-state index in [0.29, 0.717) is 17.1 Å². The molecule has 0 amide bonds. The van der Waals surface area contributed by atoms with Crippen molar-refractivity contribution in [3.8, 4) is 5.75 Å². The Bertz CT molecular complexity index is 767. The fourth-order valence-corrected chi connectivity index (χ4v) is 2.37. The largest absolute Gasteiger partial charge is 0.497 e. The second-order valence-electron chi connectivity index (χ2n) is 4.95. The number of rotatable bonds is 5. The number of benzene rings is 1. The second kappa shape index (κ2) is 6.01. The molecule has 0 atom stereocenters. The van der Waals surface area contributed by atoms with Gasteiger partial charge >= 0.3 is 0 Å². The minimum atomic E-state index is 0.524. The lowest BCUT2D eigenvalue weighted by Gasteiger charge is -2.21. The third-order valence-corrected chi connectivity index (χ3v) is 3.50. The summed E-state index contributed by atoms with van der Waals surface area (Å²) in [5.41, 5.74) is 2.40. The molecule has 0 spiro atoms. The Kier molecular flexibility index (Phi) is 3.91. The van der Waals surface area contributed by atoms with Crippen molar-refractivity contribution < 1.29 is 9.15 Å². The van der Waals surface area contributed by atoms with E-state index in [-0.39, 0.29) is 0 Å². The maximum atomic E-state index is 5.48. The SMILES string of the molecule is CCN(Cc1ccc(OC)cc1)c1ncnc2oc(C)nc12. The Morgan fingerprint density at radius 3 is 2.64 bits per heavy atom. The first-order valence-corrected chi connectivity index (χ1v) is 7.17. The Balaban J connectivity index is 1.91. The molecule has 0 aliphatic rings. The summed E-state index contributed by atoms with van der Waals surface area (Å²) in [7, 11) is 1.66. The lowest BCUT2D eigenvalue weighted by Crippen LogP contribution is -2.23. The van der Waals surface area contributed by atoms with Crippen LogP contribution in [0.25, 0.3) is 11.2 Å². The van der Waals surface area contributed by atoms with E-state index < -0.39 is 0 Å². The Morgan fingerprint density at radius 1 is 1.18 bits per heavy atom. The predicted molar refractivity (Wildman–Crippen MR) is 84.1 cm³/mol. The summed E-state index contributed by atoms with van der Waals surface area (Å²) in [6, 6.07) is 8.01. The molecule has 3 rings (SSSR count). The predicted octanol–water partition coefficient (Wildman–Crippen LogP) is 2.96. The molecule has 114 valence electrons. The quantitative estimate of drug-likeness (QED) is 0.721. The van der Waals surface area contributed by atoms with Crippen LogP contribution >= 0.6 is 0 Å². The highest BCUT2D eigenvalue weighted by atomic mass is 16.5. The summed E-state index contributed by atoms with van der Waals surface area (Å²) in [6.45, 7) is 5.44. The maximum Gasteiger partial charge on any atom is 0.252 e. The van der Waals surface area contributed by atoms with E-state index in [9.17, 15) is 0 Å². The number of aromatic nitrogens is 3. The molecule has 0 N–H and O–H groups in total. The first kappa shape index (κ1) is 14.3. The van der Waals surface area contributed by atoms with Crippen molar-refractivity contribution in [3.05, 3.63) is 42.0 Å². The van der Waals surface area contributed by atoms with Gasteiger partial charge in [0.2, 0.25) is 0 Å². The summed E-state index contributed by atoms with van der Waals surface area (Å²) >= 11 is 0. The molecule has 0 aliphatic carbocycles. The fraction of sp³-hybridized carbons (Fsp3) is 0.312. The zero-order valence-corrected chi connectivity index (χ0v) is 12.9. The van der Waals surface area contributed by atoms with Crippen LogP contribution in [-0.2, 0) is 6.54 Å². The molecular weight excluding hydrogens is 280 g/mol. The Hall–Kier alpha value is -2.63. The minimum absolute atomic E-state index is 0.524. The lowest BCUT2D eigenvalue weighted by atomic mass is 10.2. The van der Waals surface area contributed by atoms with Crippen molar-refractivity contribution in [2.45, 2.75) is 20.4 Å². The van der Waals surface area contributed by atoms with Crippen LogP contribution in [0.5, 0.6) is 5.75 Å². The third kappa shape index (κ3) is 2.72. The molecule has 0 unspecified atom stereocenters. The smallest absolute Gasteiger partial charge is 0.252 e. The second-order valence-corrected chi connectivity index (χ2v) is 4.95. The monoisotopic (exact) mass is 298 g/mol. The number of oxazole rings is 1. The van der Waals surface area contributed by atoms with Crippen LogP contribution in [0.3, 0.4) is 0 Å². The number of aryl methyl sites for hydroxylation is 1. The van der Waals surface area contributed by atoms with Crippen molar-refractivity contribution >= 4 is 17.0 Å². The molecular formula is C16H18N4O2. The van der Waals surface area contributed by atoms with Gasteiger partial charge in [-0.3, -0.25) is 0 Å². The summed E-state index contributed by atoms with van der Waals surface area (Å²) in [4.78, 5) is 15.1. The van der Waals surface area contributed by atoms with Gasteiger partial charge < -0.3 is 14.1 Å². The zero-order valence-electron chi connectivity index (χ0n) is 12.9.